The lowest BCUT2D eigenvalue weighted by atomic mass is 10.0. The van der Waals surface area contributed by atoms with Crippen molar-refractivity contribution in [1.29, 1.82) is 0 Å². The van der Waals surface area contributed by atoms with Gasteiger partial charge in [-0.2, -0.15) is 0 Å². The third kappa shape index (κ3) is 2.91. The zero-order valence-electron chi connectivity index (χ0n) is 12.9. The summed E-state index contributed by atoms with van der Waals surface area (Å²) >= 11 is 0. The monoisotopic (exact) mass is 302 g/mol. The first-order chi connectivity index (χ1) is 10.7. The van der Waals surface area contributed by atoms with Gasteiger partial charge in [0.25, 0.3) is 5.91 Å². The fraction of sp³-hybridized carbons (Fsp3) is 0.529. The van der Waals surface area contributed by atoms with Crippen LogP contribution in [0.1, 0.15) is 29.0 Å². The highest BCUT2D eigenvalue weighted by Gasteiger charge is 2.46. The number of aryl methyl sites for hydroxylation is 1. The van der Waals surface area contributed by atoms with Crippen LogP contribution in [0.25, 0.3) is 0 Å². The van der Waals surface area contributed by atoms with Crippen LogP contribution < -0.4 is 0 Å². The van der Waals surface area contributed by atoms with Crippen molar-refractivity contribution < 1.29 is 14.3 Å². The number of hydrogen-bond donors (Lipinski definition) is 0. The molecular weight excluding hydrogens is 280 g/mol. The van der Waals surface area contributed by atoms with Crippen LogP contribution in [-0.2, 0) is 9.47 Å². The largest absolute Gasteiger partial charge is 0.373 e. The molecule has 1 aromatic heterocycles. The number of carbonyl (C=O) groups excluding carboxylic acids is 1. The molecule has 0 saturated carbocycles. The van der Waals surface area contributed by atoms with Crippen LogP contribution in [0, 0.1) is 6.92 Å². The molecule has 22 heavy (non-hydrogen) atoms. The van der Waals surface area contributed by atoms with Gasteiger partial charge in [-0.1, -0.05) is 12.1 Å². The molecule has 3 rings (SSSR count). The molecule has 2 fully saturated rings. The number of nitrogens with zero attached hydrogens (tertiary/aromatic N) is 2. The standard InChI is InChI=1S/C17H22N2O3/c1-3-9-21-15-11-19(14-8-5-10-22-16(14)15)17(20)13-7-4-6-12(2)18-13/h3-4,6-7,14-16H,1,5,8-11H2,2H3/t14-,15-,16+/m1/s1. The average Bonchev–Trinajstić information content (AvgIpc) is 2.91. The Balaban J connectivity index is 1.80. The van der Waals surface area contributed by atoms with Gasteiger partial charge in [0.05, 0.1) is 19.2 Å². The minimum atomic E-state index is -0.0861. The number of rotatable bonds is 4. The third-order valence-electron chi connectivity index (χ3n) is 4.27. The molecule has 0 aliphatic carbocycles. The van der Waals surface area contributed by atoms with Gasteiger partial charge >= 0.3 is 0 Å². The van der Waals surface area contributed by atoms with E-state index in [1.165, 1.54) is 0 Å². The molecular formula is C17H22N2O3. The minimum Gasteiger partial charge on any atom is -0.373 e. The number of carbonyl (C=O) groups is 1. The number of likely N-dealkylation sites (tertiary alicyclic amines) is 1. The molecule has 2 aliphatic rings. The molecule has 1 amide bonds. The number of ether oxygens (including phenoxy) is 2. The summed E-state index contributed by atoms with van der Waals surface area (Å²) < 4.78 is 11.7. The summed E-state index contributed by atoms with van der Waals surface area (Å²) in [7, 11) is 0. The first-order valence-corrected chi connectivity index (χ1v) is 7.79. The molecule has 0 spiro atoms. The second kappa shape index (κ2) is 6.58. The zero-order valence-corrected chi connectivity index (χ0v) is 12.9. The van der Waals surface area contributed by atoms with Crippen molar-refractivity contribution in [2.75, 3.05) is 19.8 Å². The summed E-state index contributed by atoms with van der Waals surface area (Å²) in [6.45, 7) is 7.34. The summed E-state index contributed by atoms with van der Waals surface area (Å²) in [4.78, 5) is 19.0. The van der Waals surface area contributed by atoms with E-state index in [9.17, 15) is 4.79 Å². The van der Waals surface area contributed by atoms with E-state index in [-0.39, 0.29) is 24.2 Å². The van der Waals surface area contributed by atoms with E-state index in [1.54, 1.807) is 12.1 Å². The van der Waals surface area contributed by atoms with Crippen molar-refractivity contribution >= 4 is 5.91 Å². The van der Waals surface area contributed by atoms with Gasteiger partial charge in [-0.15, -0.1) is 6.58 Å². The topological polar surface area (TPSA) is 51.7 Å². The van der Waals surface area contributed by atoms with Crippen molar-refractivity contribution in [2.24, 2.45) is 0 Å². The Labute approximate surface area is 130 Å². The predicted octanol–water partition coefficient (Wildman–Crippen LogP) is 1.96. The molecule has 3 atom stereocenters. The van der Waals surface area contributed by atoms with Crippen molar-refractivity contribution in [3.63, 3.8) is 0 Å². The Morgan fingerprint density at radius 1 is 1.59 bits per heavy atom. The smallest absolute Gasteiger partial charge is 0.272 e. The SMILES string of the molecule is C=CCO[C@@H]1CN(C(=O)c2cccc(C)n2)[C@@H]2CCCO[C@@H]21. The second-order valence-corrected chi connectivity index (χ2v) is 5.83. The molecule has 5 nitrogen and oxygen atoms in total. The average molecular weight is 302 g/mol. The summed E-state index contributed by atoms with van der Waals surface area (Å²) in [5.74, 6) is -0.0334. The van der Waals surface area contributed by atoms with Gasteiger partial charge in [0.1, 0.15) is 17.9 Å². The Morgan fingerprint density at radius 3 is 3.23 bits per heavy atom. The lowest BCUT2D eigenvalue weighted by Crippen LogP contribution is -2.44. The van der Waals surface area contributed by atoms with Gasteiger partial charge < -0.3 is 14.4 Å². The fourth-order valence-electron chi connectivity index (χ4n) is 3.29. The summed E-state index contributed by atoms with van der Waals surface area (Å²) in [6, 6.07) is 5.61. The normalized spacial score (nSPS) is 27.5. The van der Waals surface area contributed by atoms with Crippen LogP contribution in [-0.4, -0.2) is 53.8 Å². The molecule has 5 heteroatoms. The summed E-state index contributed by atoms with van der Waals surface area (Å²) in [5, 5.41) is 0. The van der Waals surface area contributed by atoms with E-state index in [1.807, 2.05) is 24.0 Å². The molecule has 118 valence electrons. The van der Waals surface area contributed by atoms with Crippen LogP contribution in [0.3, 0.4) is 0 Å². The number of amides is 1. The number of fused-ring (bicyclic) bond motifs is 1. The maximum atomic E-state index is 12.8. The molecule has 0 unspecified atom stereocenters. The van der Waals surface area contributed by atoms with Gasteiger partial charge in [-0.25, -0.2) is 4.98 Å². The van der Waals surface area contributed by atoms with Gasteiger partial charge in [0, 0.05) is 12.3 Å². The van der Waals surface area contributed by atoms with Crippen molar-refractivity contribution in [1.82, 2.24) is 9.88 Å². The Bertz CT molecular complexity index is 561. The van der Waals surface area contributed by atoms with Crippen LogP contribution >= 0.6 is 0 Å². The Kier molecular flexibility index (Phi) is 4.55. The quantitative estimate of drug-likeness (QED) is 0.798. The number of hydrogen-bond acceptors (Lipinski definition) is 4. The lowest BCUT2D eigenvalue weighted by Gasteiger charge is -2.32. The van der Waals surface area contributed by atoms with E-state index >= 15 is 0 Å². The molecule has 2 aliphatic heterocycles. The summed E-state index contributed by atoms with van der Waals surface area (Å²) in [6.07, 6.45) is 3.53. The van der Waals surface area contributed by atoms with Crippen LogP contribution in [0.2, 0.25) is 0 Å². The molecule has 0 N–H and O–H groups in total. The Hall–Kier alpha value is -1.72. The molecule has 0 aromatic carbocycles. The molecule has 1 aromatic rings. The van der Waals surface area contributed by atoms with E-state index in [0.29, 0.717) is 18.8 Å². The maximum absolute atomic E-state index is 12.8. The Morgan fingerprint density at radius 2 is 2.45 bits per heavy atom. The highest BCUT2D eigenvalue weighted by atomic mass is 16.5. The van der Waals surface area contributed by atoms with Gasteiger partial charge in [0.2, 0.25) is 0 Å². The van der Waals surface area contributed by atoms with Gasteiger partial charge in [0.15, 0.2) is 0 Å². The molecule has 3 heterocycles. The van der Waals surface area contributed by atoms with Crippen LogP contribution in [0.4, 0.5) is 0 Å². The number of aromatic nitrogens is 1. The van der Waals surface area contributed by atoms with E-state index in [0.717, 1.165) is 25.1 Å². The van der Waals surface area contributed by atoms with Gasteiger partial charge in [-0.3, -0.25) is 4.79 Å². The van der Waals surface area contributed by atoms with E-state index in [4.69, 9.17) is 9.47 Å². The van der Waals surface area contributed by atoms with E-state index in [2.05, 4.69) is 11.6 Å². The fourth-order valence-corrected chi connectivity index (χ4v) is 3.29. The third-order valence-corrected chi connectivity index (χ3v) is 4.27. The first-order valence-electron chi connectivity index (χ1n) is 7.79. The lowest BCUT2D eigenvalue weighted by molar-refractivity contribution is -0.0708. The maximum Gasteiger partial charge on any atom is 0.272 e. The van der Waals surface area contributed by atoms with Crippen LogP contribution in [0.15, 0.2) is 30.9 Å². The van der Waals surface area contributed by atoms with Crippen LogP contribution in [0.5, 0.6) is 0 Å². The molecule has 2 saturated heterocycles. The zero-order chi connectivity index (χ0) is 15.5. The first kappa shape index (κ1) is 15.2. The second-order valence-electron chi connectivity index (χ2n) is 5.83. The van der Waals surface area contributed by atoms with Crippen molar-refractivity contribution in [2.45, 2.75) is 38.0 Å². The van der Waals surface area contributed by atoms with Gasteiger partial charge in [-0.05, 0) is 31.9 Å². The molecule has 0 radical (unpaired) electrons. The minimum absolute atomic E-state index is 0.0334. The van der Waals surface area contributed by atoms with Crippen molar-refractivity contribution in [3.05, 3.63) is 42.2 Å². The highest BCUT2D eigenvalue weighted by Crippen LogP contribution is 2.31. The molecule has 0 bridgehead atoms. The van der Waals surface area contributed by atoms with Crippen molar-refractivity contribution in [3.8, 4) is 0 Å². The summed E-state index contributed by atoms with van der Waals surface area (Å²) in [5.41, 5.74) is 1.34. The van der Waals surface area contributed by atoms with E-state index < -0.39 is 0 Å². The number of pyridine rings is 1. The highest BCUT2D eigenvalue weighted by molar-refractivity contribution is 5.92. The predicted molar refractivity (Wildman–Crippen MR) is 82.7 cm³/mol.